The first kappa shape index (κ1) is 15.4. The summed E-state index contributed by atoms with van der Waals surface area (Å²) in [5, 5.41) is 21.7. The third kappa shape index (κ3) is 3.58. The molecular weight excluding hydrogens is 277 g/mol. The van der Waals surface area contributed by atoms with Crippen LogP contribution in [-0.2, 0) is 9.59 Å². The second-order valence-corrected chi connectivity index (χ2v) is 5.42. The Morgan fingerprint density at radius 1 is 1.33 bits per heavy atom. The Hall–Kier alpha value is -1.95. The number of hydrogen-bond donors (Lipinski definition) is 3. The molecule has 1 atom stereocenters. The van der Waals surface area contributed by atoms with Gasteiger partial charge in [0.1, 0.15) is 11.4 Å². The van der Waals surface area contributed by atoms with Gasteiger partial charge in [0.15, 0.2) is 0 Å². The summed E-state index contributed by atoms with van der Waals surface area (Å²) < 4.78 is 13.1. The van der Waals surface area contributed by atoms with Crippen molar-refractivity contribution in [2.75, 3.05) is 0 Å². The minimum Gasteiger partial charge on any atom is -0.480 e. The number of rotatable bonds is 5. The fourth-order valence-electron chi connectivity index (χ4n) is 2.70. The van der Waals surface area contributed by atoms with E-state index in [0.717, 1.165) is 18.9 Å². The van der Waals surface area contributed by atoms with E-state index in [1.165, 1.54) is 18.2 Å². The van der Waals surface area contributed by atoms with Crippen molar-refractivity contribution in [3.05, 3.63) is 35.6 Å². The van der Waals surface area contributed by atoms with Crippen molar-refractivity contribution in [1.29, 1.82) is 0 Å². The monoisotopic (exact) mass is 295 g/mol. The average molecular weight is 295 g/mol. The smallest absolute Gasteiger partial charge is 0.329 e. The zero-order valence-electron chi connectivity index (χ0n) is 11.5. The molecule has 6 heteroatoms. The van der Waals surface area contributed by atoms with E-state index in [9.17, 15) is 24.2 Å². The normalized spacial score (nSPS) is 18.2. The largest absolute Gasteiger partial charge is 0.480 e. The highest BCUT2D eigenvalue weighted by Gasteiger charge is 2.42. The highest BCUT2D eigenvalue weighted by atomic mass is 19.1. The first-order valence-electron chi connectivity index (χ1n) is 6.91. The van der Waals surface area contributed by atoms with E-state index < -0.39 is 29.3 Å². The number of carbonyl (C=O) groups excluding carboxylic acids is 1. The Kier molecular flexibility index (Phi) is 4.57. The molecule has 1 saturated carbocycles. The van der Waals surface area contributed by atoms with Crippen LogP contribution in [0, 0.1) is 5.82 Å². The number of hydrogen-bond acceptors (Lipinski definition) is 3. The van der Waals surface area contributed by atoms with Gasteiger partial charge in [-0.05, 0) is 30.5 Å². The molecule has 0 aliphatic heterocycles. The number of aliphatic hydroxyl groups excluding tert-OH is 1. The molecule has 114 valence electrons. The predicted molar refractivity (Wildman–Crippen MR) is 73.0 cm³/mol. The first-order chi connectivity index (χ1) is 9.93. The first-order valence-corrected chi connectivity index (χ1v) is 6.91. The molecular formula is C15H18FNO4. The number of aliphatic carboxylic acids is 1. The van der Waals surface area contributed by atoms with E-state index in [-0.39, 0.29) is 6.42 Å². The number of nitrogens with one attached hydrogen (secondary N) is 1. The lowest BCUT2D eigenvalue weighted by Gasteiger charge is -2.26. The third-order valence-electron chi connectivity index (χ3n) is 3.86. The van der Waals surface area contributed by atoms with Gasteiger partial charge >= 0.3 is 5.97 Å². The minimum absolute atomic E-state index is 0.293. The van der Waals surface area contributed by atoms with Crippen molar-refractivity contribution in [2.45, 2.75) is 43.7 Å². The summed E-state index contributed by atoms with van der Waals surface area (Å²) in [6.07, 6.45) is 0.832. The van der Waals surface area contributed by atoms with Crippen molar-refractivity contribution in [3.63, 3.8) is 0 Å². The van der Waals surface area contributed by atoms with E-state index in [2.05, 4.69) is 5.32 Å². The van der Waals surface area contributed by atoms with Crippen LogP contribution in [0.5, 0.6) is 0 Å². The lowest BCUT2D eigenvalue weighted by atomic mass is 9.97. The Balaban J connectivity index is 1.99. The van der Waals surface area contributed by atoms with E-state index in [1.807, 2.05) is 0 Å². The lowest BCUT2D eigenvalue weighted by Crippen LogP contribution is -2.52. The topological polar surface area (TPSA) is 86.6 Å². The molecule has 1 amide bonds. The van der Waals surface area contributed by atoms with Gasteiger partial charge in [0.05, 0.1) is 12.5 Å². The van der Waals surface area contributed by atoms with E-state index >= 15 is 0 Å². The van der Waals surface area contributed by atoms with Crippen LogP contribution in [0.1, 0.15) is 43.8 Å². The van der Waals surface area contributed by atoms with Gasteiger partial charge in [0.2, 0.25) is 5.91 Å². The van der Waals surface area contributed by atoms with Crippen molar-refractivity contribution < 1.29 is 24.2 Å². The third-order valence-corrected chi connectivity index (χ3v) is 3.86. The second kappa shape index (κ2) is 6.22. The molecule has 1 aliphatic rings. The molecule has 1 fully saturated rings. The molecule has 0 spiro atoms. The van der Waals surface area contributed by atoms with Gasteiger partial charge < -0.3 is 15.5 Å². The van der Waals surface area contributed by atoms with E-state index in [0.29, 0.717) is 18.4 Å². The number of halogens is 1. The van der Waals surface area contributed by atoms with Crippen LogP contribution in [0.4, 0.5) is 4.39 Å². The van der Waals surface area contributed by atoms with Crippen molar-refractivity contribution in [1.82, 2.24) is 5.32 Å². The summed E-state index contributed by atoms with van der Waals surface area (Å²) >= 11 is 0. The molecule has 1 aliphatic carbocycles. The molecule has 5 nitrogen and oxygen atoms in total. The minimum atomic E-state index is -1.22. The zero-order valence-corrected chi connectivity index (χ0v) is 11.5. The average Bonchev–Trinajstić information content (AvgIpc) is 2.88. The van der Waals surface area contributed by atoms with Gasteiger partial charge in [-0.15, -0.1) is 0 Å². The fourth-order valence-corrected chi connectivity index (χ4v) is 2.70. The van der Waals surface area contributed by atoms with Crippen LogP contribution in [0.3, 0.4) is 0 Å². The molecule has 0 heterocycles. The van der Waals surface area contributed by atoms with E-state index in [4.69, 9.17) is 0 Å². The second-order valence-electron chi connectivity index (χ2n) is 5.42. The van der Waals surface area contributed by atoms with Crippen LogP contribution in [-0.4, -0.2) is 27.6 Å². The SMILES string of the molecule is O=C(CC(O)c1cccc(F)c1)NC1(C(=O)O)CCCC1. The Bertz CT molecular complexity index is 540. The molecule has 21 heavy (non-hydrogen) atoms. The predicted octanol–water partition coefficient (Wildman–Crippen LogP) is 1.76. The Morgan fingerprint density at radius 2 is 2.00 bits per heavy atom. The van der Waals surface area contributed by atoms with Gasteiger partial charge in [-0.25, -0.2) is 9.18 Å². The standard InChI is InChI=1S/C15H18FNO4/c16-11-5-3-4-10(8-11)12(18)9-13(19)17-15(14(20)21)6-1-2-7-15/h3-5,8,12,18H,1-2,6-7,9H2,(H,17,19)(H,20,21). The number of carboxylic acid groups (broad SMARTS) is 1. The number of carboxylic acids is 1. The summed E-state index contributed by atoms with van der Waals surface area (Å²) in [6, 6.07) is 5.36. The van der Waals surface area contributed by atoms with Gasteiger partial charge in [-0.2, -0.15) is 0 Å². The van der Waals surface area contributed by atoms with Crippen LogP contribution in [0.15, 0.2) is 24.3 Å². The van der Waals surface area contributed by atoms with Gasteiger partial charge in [-0.1, -0.05) is 25.0 Å². The number of carbonyl (C=O) groups is 2. The Morgan fingerprint density at radius 3 is 2.57 bits per heavy atom. The summed E-state index contributed by atoms with van der Waals surface area (Å²) in [7, 11) is 0. The van der Waals surface area contributed by atoms with E-state index in [1.54, 1.807) is 0 Å². The van der Waals surface area contributed by atoms with Crippen LogP contribution < -0.4 is 5.32 Å². The van der Waals surface area contributed by atoms with Crippen molar-refractivity contribution in [2.24, 2.45) is 0 Å². The summed E-state index contributed by atoms with van der Waals surface area (Å²) in [6.45, 7) is 0. The lowest BCUT2D eigenvalue weighted by molar-refractivity contribution is -0.147. The molecule has 0 saturated heterocycles. The maximum absolute atomic E-state index is 13.1. The number of aliphatic hydroxyl groups is 1. The summed E-state index contributed by atoms with van der Waals surface area (Å²) in [4.78, 5) is 23.3. The highest BCUT2D eigenvalue weighted by molar-refractivity contribution is 5.87. The summed E-state index contributed by atoms with van der Waals surface area (Å²) in [5.41, 5.74) is -0.931. The highest BCUT2D eigenvalue weighted by Crippen LogP contribution is 2.30. The summed E-state index contributed by atoms with van der Waals surface area (Å²) in [5.74, 6) is -2.09. The molecule has 2 rings (SSSR count). The van der Waals surface area contributed by atoms with Crippen molar-refractivity contribution >= 4 is 11.9 Å². The molecule has 1 aromatic carbocycles. The van der Waals surface area contributed by atoms with Crippen molar-refractivity contribution in [3.8, 4) is 0 Å². The fraction of sp³-hybridized carbons (Fsp3) is 0.467. The number of benzene rings is 1. The maximum Gasteiger partial charge on any atom is 0.329 e. The molecule has 0 bridgehead atoms. The molecule has 1 aromatic rings. The molecule has 0 radical (unpaired) electrons. The van der Waals surface area contributed by atoms with Crippen LogP contribution in [0.2, 0.25) is 0 Å². The van der Waals surface area contributed by atoms with Crippen LogP contribution in [0.25, 0.3) is 0 Å². The van der Waals surface area contributed by atoms with Gasteiger partial charge in [0, 0.05) is 0 Å². The maximum atomic E-state index is 13.1. The zero-order chi connectivity index (χ0) is 15.5. The van der Waals surface area contributed by atoms with Gasteiger partial charge in [-0.3, -0.25) is 4.79 Å². The number of amides is 1. The molecule has 1 unspecified atom stereocenters. The molecule has 3 N–H and O–H groups in total. The Labute approximate surface area is 121 Å². The van der Waals surface area contributed by atoms with Gasteiger partial charge in [0.25, 0.3) is 0 Å². The molecule has 0 aromatic heterocycles. The van der Waals surface area contributed by atoms with Crippen LogP contribution >= 0.6 is 0 Å². The quantitative estimate of drug-likeness (QED) is 0.772.